The zero-order valence-corrected chi connectivity index (χ0v) is 12.7. The van der Waals surface area contributed by atoms with Gasteiger partial charge in [-0.3, -0.25) is 0 Å². The van der Waals surface area contributed by atoms with Crippen molar-refractivity contribution in [2.24, 2.45) is 0 Å². The van der Waals surface area contributed by atoms with E-state index >= 15 is 0 Å². The van der Waals surface area contributed by atoms with E-state index in [1.54, 1.807) is 0 Å². The van der Waals surface area contributed by atoms with Crippen LogP contribution in [0.3, 0.4) is 0 Å². The maximum Gasteiger partial charge on any atom is 0.221 e. The molecule has 2 aliphatic heterocycles. The lowest BCUT2D eigenvalue weighted by molar-refractivity contribution is -0.417. The van der Waals surface area contributed by atoms with Gasteiger partial charge in [0.05, 0.1) is 19.3 Å². The van der Waals surface area contributed by atoms with E-state index in [1.807, 2.05) is 0 Å². The summed E-state index contributed by atoms with van der Waals surface area (Å²) in [4.78, 5) is 0. The molecule has 142 valence electrons. The van der Waals surface area contributed by atoms with Crippen molar-refractivity contribution in [1.82, 2.24) is 0 Å². The number of hydrogen-bond acceptors (Lipinski definition) is 11. The van der Waals surface area contributed by atoms with Gasteiger partial charge in [0, 0.05) is 6.42 Å². The first-order valence-electron chi connectivity index (χ1n) is 7.53. The average Bonchev–Trinajstić information content (AvgIpc) is 2.57. The summed E-state index contributed by atoms with van der Waals surface area (Å²) in [6, 6.07) is 0. The minimum atomic E-state index is -2.14. The Morgan fingerprint density at radius 3 is 2.04 bits per heavy atom. The maximum absolute atomic E-state index is 10.1. The second kappa shape index (κ2) is 7.85. The molecule has 0 bridgehead atoms. The maximum atomic E-state index is 10.1. The third-order valence-electron chi connectivity index (χ3n) is 4.32. The molecule has 0 aromatic carbocycles. The molecule has 0 radical (unpaired) electrons. The molecule has 2 aliphatic rings. The second-order valence-electron chi connectivity index (χ2n) is 5.94. The lowest BCUT2D eigenvalue weighted by Gasteiger charge is -2.48. The Hall–Kier alpha value is -0.440. The Morgan fingerprint density at radius 2 is 1.50 bits per heavy atom. The first-order chi connectivity index (χ1) is 11.3. The number of aliphatic hydroxyl groups excluding tert-OH is 8. The van der Waals surface area contributed by atoms with Gasteiger partial charge >= 0.3 is 0 Å². The molecule has 0 saturated carbocycles. The molecule has 2 heterocycles. The molecule has 3 unspecified atom stereocenters. The standard InChI is InChI=1S/C13H24O11/c14-2-6-5(17)1-8(18)13(4-16,23-6)24-12-11(21)10(20)9(19)7(3-15)22-12/h5-12,14-21H,1-4H2/t5?,6-,7?,8-,9-,10+,11?,12-,13+/m1/s1. The van der Waals surface area contributed by atoms with Crippen LogP contribution in [0.1, 0.15) is 6.42 Å². The highest BCUT2D eigenvalue weighted by Gasteiger charge is 2.54. The van der Waals surface area contributed by atoms with Crippen molar-refractivity contribution in [2.45, 2.75) is 61.2 Å². The molecular weight excluding hydrogens is 332 g/mol. The van der Waals surface area contributed by atoms with Gasteiger partial charge < -0.3 is 55.1 Å². The van der Waals surface area contributed by atoms with E-state index in [1.165, 1.54) is 0 Å². The van der Waals surface area contributed by atoms with Crippen LogP contribution in [-0.4, -0.2) is 115 Å². The van der Waals surface area contributed by atoms with E-state index < -0.39 is 74.6 Å². The Bertz CT molecular complexity index is 407. The van der Waals surface area contributed by atoms with Gasteiger partial charge in [-0.05, 0) is 0 Å². The lowest BCUT2D eigenvalue weighted by atomic mass is 9.95. The van der Waals surface area contributed by atoms with E-state index in [4.69, 9.17) is 19.3 Å². The summed E-state index contributed by atoms with van der Waals surface area (Å²) in [6.45, 7) is -2.21. The molecule has 24 heavy (non-hydrogen) atoms. The van der Waals surface area contributed by atoms with Crippen LogP contribution in [-0.2, 0) is 14.2 Å². The predicted molar refractivity (Wildman–Crippen MR) is 73.3 cm³/mol. The van der Waals surface area contributed by atoms with Gasteiger partial charge in [0.15, 0.2) is 6.29 Å². The van der Waals surface area contributed by atoms with Crippen molar-refractivity contribution in [3.8, 4) is 0 Å². The fraction of sp³-hybridized carbons (Fsp3) is 1.00. The number of hydrogen-bond donors (Lipinski definition) is 8. The molecule has 11 heteroatoms. The lowest BCUT2D eigenvalue weighted by Crippen LogP contribution is -2.66. The summed E-state index contributed by atoms with van der Waals surface area (Å²) in [5, 5.41) is 77.2. The van der Waals surface area contributed by atoms with Gasteiger partial charge in [0.2, 0.25) is 5.79 Å². The molecule has 11 nitrogen and oxygen atoms in total. The zero-order chi connectivity index (χ0) is 18.1. The third kappa shape index (κ3) is 3.57. The largest absolute Gasteiger partial charge is 0.394 e. The molecule has 0 spiro atoms. The first-order valence-corrected chi connectivity index (χ1v) is 7.53. The van der Waals surface area contributed by atoms with Crippen molar-refractivity contribution in [3.05, 3.63) is 0 Å². The van der Waals surface area contributed by atoms with Crippen LogP contribution in [0.25, 0.3) is 0 Å². The topological polar surface area (TPSA) is 190 Å². The van der Waals surface area contributed by atoms with Gasteiger partial charge in [0.1, 0.15) is 43.2 Å². The van der Waals surface area contributed by atoms with Crippen LogP contribution in [0, 0.1) is 0 Å². The van der Waals surface area contributed by atoms with Crippen molar-refractivity contribution in [1.29, 1.82) is 0 Å². The number of aliphatic hydroxyl groups is 8. The average molecular weight is 356 g/mol. The fourth-order valence-corrected chi connectivity index (χ4v) is 2.78. The van der Waals surface area contributed by atoms with Crippen LogP contribution < -0.4 is 0 Å². The summed E-state index contributed by atoms with van der Waals surface area (Å²) in [5.74, 6) is -2.14. The van der Waals surface area contributed by atoms with E-state index in [0.29, 0.717) is 0 Å². The molecule has 2 fully saturated rings. The zero-order valence-electron chi connectivity index (χ0n) is 12.7. The van der Waals surface area contributed by atoms with E-state index in [-0.39, 0.29) is 6.42 Å². The summed E-state index contributed by atoms with van der Waals surface area (Å²) < 4.78 is 15.7. The molecule has 0 amide bonds. The monoisotopic (exact) mass is 356 g/mol. The Balaban J connectivity index is 2.18. The van der Waals surface area contributed by atoms with Gasteiger partial charge in [-0.25, -0.2) is 0 Å². The molecule has 9 atom stereocenters. The third-order valence-corrected chi connectivity index (χ3v) is 4.32. The number of ether oxygens (including phenoxy) is 3. The summed E-state index contributed by atoms with van der Waals surface area (Å²) in [7, 11) is 0. The van der Waals surface area contributed by atoms with Crippen molar-refractivity contribution in [2.75, 3.05) is 19.8 Å². The highest BCUT2D eigenvalue weighted by molar-refractivity contribution is 4.94. The fourth-order valence-electron chi connectivity index (χ4n) is 2.78. The minimum Gasteiger partial charge on any atom is -0.394 e. The van der Waals surface area contributed by atoms with Crippen LogP contribution in [0.2, 0.25) is 0 Å². The van der Waals surface area contributed by atoms with Gasteiger partial charge in [-0.1, -0.05) is 0 Å². The van der Waals surface area contributed by atoms with E-state index in [0.717, 1.165) is 0 Å². The van der Waals surface area contributed by atoms with Crippen LogP contribution in [0.5, 0.6) is 0 Å². The molecule has 0 aliphatic carbocycles. The van der Waals surface area contributed by atoms with Crippen LogP contribution in [0.15, 0.2) is 0 Å². The first kappa shape index (κ1) is 19.9. The van der Waals surface area contributed by atoms with Crippen molar-refractivity contribution in [3.63, 3.8) is 0 Å². The summed E-state index contributed by atoms with van der Waals surface area (Å²) in [6.07, 6.45) is -12.2. The summed E-state index contributed by atoms with van der Waals surface area (Å²) >= 11 is 0. The molecule has 0 aromatic heterocycles. The van der Waals surface area contributed by atoms with Gasteiger partial charge in [0.25, 0.3) is 0 Å². The molecule has 2 saturated heterocycles. The van der Waals surface area contributed by atoms with Crippen molar-refractivity contribution < 1.29 is 55.1 Å². The molecular formula is C13H24O11. The number of rotatable bonds is 5. The van der Waals surface area contributed by atoms with E-state index in [9.17, 15) is 35.7 Å². The van der Waals surface area contributed by atoms with Gasteiger partial charge in [-0.15, -0.1) is 0 Å². The minimum absolute atomic E-state index is 0.288. The second-order valence-corrected chi connectivity index (χ2v) is 5.94. The quantitative estimate of drug-likeness (QED) is 0.235. The Morgan fingerprint density at radius 1 is 0.875 bits per heavy atom. The highest BCUT2D eigenvalue weighted by atomic mass is 16.8. The smallest absolute Gasteiger partial charge is 0.221 e. The van der Waals surface area contributed by atoms with Crippen LogP contribution >= 0.6 is 0 Å². The molecule has 0 aromatic rings. The van der Waals surface area contributed by atoms with Gasteiger partial charge in [-0.2, -0.15) is 0 Å². The Labute approximate surface area is 137 Å². The molecule has 8 N–H and O–H groups in total. The van der Waals surface area contributed by atoms with Crippen molar-refractivity contribution >= 4 is 0 Å². The van der Waals surface area contributed by atoms with E-state index in [2.05, 4.69) is 0 Å². The highest BCUT2D eigenvalue weighted by Crippen LogP contribution is 2.34. The predicted octanol–water partition coefficient (Wildman–Crippen LogP) is -5.01. The summed E-state index contributed by atoms with van der Waals surface area (Å²) in [5.41, 5.74) is 0. The Kier molecular flexibility index (Phi) is 6.50. The normalized spacial score (nSPS) is 50.0. The molecule has 2 rings (SSSR count). The van der Waals surface area contributed by atoms with Crippen LogP contribution in [0.4, 0.5) is 0 Å². The SMILES string of the molecule is OCC1O[C@H](O[C@]2(CO)O[C@H](CO)C(O)C[C@H]2O)C(O)[C@@H](O)[C@@H]1O.